The molecule has 15 heavy (non-hydrogen) atoms. The predicted molar refractivity (Wildman–Crippen MR) is 61.9 cm³/mol. The fourth-order valence-corrected chi connectivity index (χ4v) is 2.21. The third kappa shape index (κ3) is 2.80. The van der Waals surface area contributed by atoms with E-state index in [0.717, 1.165) is 12.8 Å². The second-order valence-corrected chi connectivity index (χ2v) is 4.47. The van der Waals surface area contributed by atoms with E-state index in [2.05, 4.69) is 29.6 Å². The van der Waals surface area contributed by atoms with E-state index in [1.54, 1.807) is 0 Å². The van der Waals surface area contributed by atoms with Crippen molar-refractivity contribution in [2.24, 2.45) is 0 Å². The van der Waals surface area contributed by atoms with Gasteiger partial charge in [0.1, 0.15) is 0 Å². The van der Waals surface area contributed by atoms with Gasteiger partial charge in [-0.05, 0) is 37.3 Å². The Morgan fingerprint density at radius 2 is 2.13 bits per heavy atom. The molecule has 0 spiro atoms. The molecule has 0 amide bonds. The lowest BCUT2D eigenvalue weighted by Gasteiger charge is -2.26. The normalized spacial score (nSPS) is 22.1. The molecule has 0 saturated carbocycles. The van der Waals surface area contributed by atoms with Crippen LogP contribution in [0.1, 0.15) is 24.5 Å². The molecule has 0 aromatic heterocycles. The Morgan fingerprint density at radius 1 is 1.40 bits per heavy atom. The molecule has 1 aromatic rings. The van der Waals surface area contributed by atoms with Gasteiger partial charge in [-0.3, -0.25) is 0 Å². The molecule has 2 nitrogen and oxygen atoms in total. The second-order valence-electron chi connectivity index (χ2n) is 4.47. The fourth-order valence-electron chi connectivity index (χ4n) is 2.21. The Bertz CT molecular complexity index is 322. The molecule has 1 aliphatic rings. The molecule has 2 rings (SSSR count). The highest BCUT2D eigenvalue weighted by Gasteiger charge is 2.17. The van der Waals surface area contributed by atoms with Gasteiger partial charge < -0.3 is 10.4 Å². The molecule has 0 unspecified atom stereocenters. The van der Waals surface area contributed by atoms with Crippen LogP contribution in [0.4, 0.5) is 0 Å². The molecule has 82 valence electrons. The van der Waals surface area contributed by atoms with E-state index < -0.39 is 0 Å². The van der Waals surface area contributed by atoms with E-state index in [4.69, 9.17) is 0 Å². The maximum Gasteiger partial charge on any atom is 0.0636 e. The van der Waals surface area contributed by atoms with Crippen molar-refractivity contribution in [3.05, 3.63) is 35.4 Å². The van der Waals surface area contributed by atoms with E-state index >= 15 is 0 Å². The quantitative estimate of drug-likeness (QED) is 0.784. The first-order valence-electron chi connectivity index (χ1n) is 5.74. The van der Waals surface area contributed by atoms with Crippen LogP contribution in [0.2, 0.25) is 0 Å². The zero-order chi connectivity index (χ0) is 10.7. The number of hydrogen-bond acceptors (Lipinski definition) is 2. The van der Waals surface area contributed by atoms with Crippen molar-refractivity contribution < 1.29 is 5.11 Å². The summed E-state index contributed by atoms with van der Waals surface area (Å²) in [4.78, 5) is 0. The summed E-state index contributed by atoms with van der Waals surface area (Å²) in [5.74, 6) is 0. The first kappa shape index (κ1) is 10.7. The van der Waals surface area contributed by atoms with Gasteiger partial charge in [0.25, 0.3) is 0 Å². The van der Waals surface area contributed by atoms with Crippen LogP contribution >= 0.6 is 0 Å². The van der Waals surface area contributed by atoms with E-state index in [9.17, 15) is 5.11 Å². The molecule has 2 atom stereocenters. The maximum atomic E-state index is 9.22. The van der Waals surface area contributed by atoms with E-state index in [-0.39, 0.29) is 6.10 Å². The Labute approximate surface area is 91.3 Å². The number of aliphatic hydroxyl groups excluding tert-OH is 1. The van der Waals surface area contributed by atoms with Gasteiger partial charge in [-0.25, -0.2) is 0 Å². The predicted octanol–water partition coefficient (Wildman–Crippen LogP) is 1.51. The molecule has 2 heteroatoms. The number of aliphatic hydroxyl groups is 1. The zero-order valence-electron chi connectivity index (χ0n) is 9.24. The van der Waals surface area contributed by atoms with Crippen molar-refractivity contribution in [1.29, 1.82) is 0 Å². The summed E-state index contributed by atoms with van der Waals surface area (Å²) in [5, 5.41) is 12.6. The lowest BCUT2D eigenvalue weighted by atomic mass is 9.88. The summed E-state index contributed by atoms with van der Waals surface area (Å²) in [6.45, 7) is 2.52. The van der Waals surface area contributed by atoms with Crippen molar-refractivity contribution in [2.75, 3.05) is 6.54 Å². The van der Waals surface area contributed by atoms with Crippen LogP contribution < -0.4 is 5.32 Å². The van der Waals surface area contributed by atoms with Gasteiger partial charge in [-0.15, -0.1) is 0 Å². The fraction of sp³-hybridized carbons (Fsp3) is 0.538. The van der Waals surface area contributed by atoms with Gasteiger partial charge >= 0.3 is 0 Å². The van der Waals surface area contributed by atoms with Gasteiger partial charge in [0, 0.05) is 12.6 Å². The number of benzene rings is 1. The highest BCUT2D eigenvalue weighted by Crippen LogP contribution is 2.20. The highest BCUT2D eigenvalue weighted by atomic mass is 16.3. The van der Waals surface area contributed by atoms with Crippen LogP contribution in [-0.4, -0.2) is 23.8 Å². The summed E-state index contributed by atoms with van der Waals surface area (Å²) in [6.07, 6.45) is 3.20. The average Bonchev–Trinajstić information content (AvgIpc) is 2.26. The van der Waals surface area contributed by atoms with Crippen molar-refractivity contribution in [3.8, 4) is 0 Å². The number of aryl methyl sites for hydroxylation is 1. The summed E-state index contributed by atoms with van der Waals surface area (Å²) in [7, 11) is 0. The third-order valence-corrected chi connectivity index (χ3v) is 3.05. The first-order valence-corrected chi connectivity index (χ1v) is 5.74. The van der Waals surface area contributed by atoms with Crippen molar-refractivity contribution >= 4 is 0 Å². The molecule has 0 radical (unpaired) electrons. The van der Waals surface area contributed by atoms with Gasteiger partial charge in [-0.2, -0.15) is 0 Å². The minimum atomic E-state index is -0.248. The molecular weight excluding hydrogens is 186 g/mol. The maximum absolute atomic E-state index is 9.22. The Kier molecular flexibility index (Phi) is 3.39. The monoisotopic (exact) mass is 205 g/mol. The van der Waals surface area contributed by atoms with Crippen molar-refractivity contribution in [1.82, 2.24) is 5.32 Å². The molecule has 2 N–H and O–H groups in total. The van der Waals surface area contributed by atoms with Crippen LogP contribution in [0.5, 0.6) is 0 Å². The lowest BCUT2D eigenvalue weighted by molar-refractivity contribution is 0.184. The number of hydrogen-bond donors (Lipinski definition) is 2. The van der Waals surface area contributed by atoms with Gasteiger partial charge in [0.05, 0.1) is 6.10 Å². The second kappa shape index (κ2) is 4.77. The smallest absolute Gasteiger partial charge is 0.0636 e. The lowest BCUT2D eigenvalue weighted by Crippen LogP contribution is -2.38. The van der Waals surface area contributed by atoms with Gasteiger partial charge in [-0.1, -0.05) is 24.3 Å². The van der Waals surface area contributed by atoms with Crippen LogP contribution in [0.25, 0.3) is 0 Å². The van der Waals surface area contributed by atoms with Gasteiger partial charge in [0.2, 0.25) is 0 Å². The SMILES string of the molecule is C[C@@H](O)CN[C@H]1CCc2ccccc2C1. The minimum Gasteiger partial charge on any atom is -0.392 e. The van der Waals surface area contributed by atoms with E-state index in [1.165, 1.54) is 17.5 Å². The van der Waals surface area contributed by atoms with Crippen LogP contribution in [-0.2, 0) is 12.8 Å². The van der Waals surface area contributed by atoms with Crippen molar-refractivity contribution in [2.45, 2.75) is 38.3 Å². The minimum absolute atomic E-state index is 0.248. The molecule has 0 heterocycles. The average molecular weight is 205 g/mol. The summed E-state index contributed by atoms with van der Waals surface area (Å²) in [5.41, 5.74) is 2.96. The Morgan fingerprint density at radius 3 is 2.87 bits per heavy atom. The number of nitrogens with one attached hydrogen (secondary N) is 1. The third-order valence-electron chi connectivity index (χ3n) is 3.05. The largest absolute Gasteiger partial charge is 0.392 e. The molecule has 0 bridgehead atoms. The summed E-state index contributed by atoms with van der Waals surface area (Å²) in [6, 6.07) is 9.19. The Hall–Kier alpha value is -0.860. The summed E-state index contributed by atoms with van der Waals surface area (Å²) >= 11 is 0. The Balaban J connectivity index is 1.94. The van der Waals surface area contributed by atoms with Crippen molar-refractivity contribution in [3.63, 3.8) is 0 Å². The molecule has 1 aromatic carbocycles. The molecule has 0 aliphatic heterocycles. The first-order chi connectivity index (χ1) is 7.25. The number of fused-ring (bicyclic) bond motifs is 1. The molecule has 0 fully saturated rings. The van der Waals surface area contributed by atoms with Crippen LogP contribution in [0.3, 0.4) is 0 Å². The number of rotatable bonds is 3. The molecule has 1 aliphatic carbocycles. The molecule has 0 saturated heterocycles. The van der Waals surface area contributed by atoms with Crippen LogP contribution in [0, 0.1) is 0 Å². The van der Waals surface area contributed by atoms with E-state index in [1.807, 2.05) is 6.92 Å². The van der Waals surface area contributed by atoms with Crippen LogP contribution in [0.15, 0.2) is 24.3 Å². The highest BCUT2D eigenvalue weighted by molar-refractivity contribution is 5.30. The molecular formula is C13H19NO. The summed E-state index contributed by atoms with van der Waals surface area (Å²) < 4.78 is 0. The van der Waals surface area contributed by atoms with Gasteiger partial charge in [0.15, 0.2) is 0 Å². The zero-order valence-corrected chi connectivity index (χ0v) is 9.24. The standard InChI is InChI=1S/C13H19NO/c1-10(15)9-14-13-7-6-11-4-2-3-5-12(11)8-13/h2-5,10,13-15H,6-9H2,1H3/t10-,13+/m1/s1. The topological polar surface area (TPSA) is 32.3 Å². The van der Waals surface area contributed by atoms with E-state index in [0.29, 0.717) is 12.6 Å².